The molecule has 0 saturated carbocycles. The van der Waals surface area contributed by atoms with Crippen LogP contribution in [-0.4, -0.2) is 22.3 Å². The minimum Gasteiger partial charge on any atom is -0.398 e. The van der Waals surface area contributed by atoms with Gasteiger partial charge in [0.15, 0.2) is 0 Å². The number of nitrogen functional groups attached to an aromatic ring is 1. The van der Waals surface area contributed by atoms with Crippen LogP contribution < -0.4 is 5.73 Å². The average molecular weight is 348 g/mol. The molecule has 1 amide bonds. The van der Waals surface area contributed by atoms with E-state index in [9.17, 15) is 4.79 Å². The molecule has 1 aromatic carbocycles. The Labute approximate surface area is 133 Å². The van der Waals surface area contributed by atoms with Gasteiger partial charge in [0.2, 0.25) is 0 Å². The van der Waals surface area contributed by atoms with E-state index in [2.05, 4.69) is 20.9 Å². The number of pyridine rings is 1. The third kappa shape index (κ3) is 3.61. The zero-order valence-electron chi connectivity index (χ0n) is 12.1. The van der Waals surface area contributed by atoms with Crippen LogP contribution in [0.5, 0.6) is 0 Å². The standard InChI is InChI=1S/C16H18BrN3O/c1-3-20(10-12-7-4-6-11(2)19-12)16(21)13-8-5-9-14(18)15(13)17/h4-9H,3,10,18H2,1-2H3. The summed E-state index contributed by atoms with van der Waals surface area (Å²) in [5.74, 6) is -0.0556. The molecule has 1 aromatic heterocycles. The topological polar surface area (TPSA) is 59.2 Å². The van der Waals surface area contributed by atoms with Gasteiger partial charge >= 0.3 is 0 Å². The van der Waals surface area contributed by atoms with Crippen molar-refractivity contribution in [3.63, 3.8) is 0 Å². The second kappa shape index (κ2) is 6.72. The van der Waals surface area contributed by atoms with Crippen LogP contribution in [-0.2, 0) is 6.54 Å². The highest BCUT2D eigenvalue weighted by Crippen LogP contribution is 2.25. The molecule has 1 heterocycles. The predicted octanol–water partition coefficient (Wildman–Crippen LogP) is 3.40. The van der Waals surface area contributed by atoms with Crippen molar-refractivity contribution in [2.75, 3.05) is 12.3 Å². The van der Waals surface area contributed by atoms with Gasteiger partial charge in [-0.3, -0.25) is 9.78 Å². The number of anilines is 1. The SMILES string of the molecule is CCN(Cc1cccc(C)n1)C(=O)c1cccc(N)c1Br. The number of hydrogen-bond acceptors (Lipinski definition) is 3. The molecule has 0 aliphatic rings. The number of nitrogens with two attached hydrogens (primary N) is 1. The second-order valence-electron chi connectivity index (χ2n) is 4.80. The number of halogens is 1. The van der Waals surface area contributed by atoms with Crippen molar-refractivity contribution < 1.29 is 4.79 Å². The van der Waals surface area contributed by atoms with E-state index < -0.39 is 0 Å². The first-order valence-corrected chi connectivity index (χ1v) is 7.58. The summed E-state index contributed by atoms with van der Waals surface area (Å²) in [6, 6.07) is 11.1. The molecule has 2 aromatic rings. The van der Waals surface area contributed by atoms with Gasteiger partial charge in [-0.05, 0) is 54.0 Å². The van der Waals surface area contributed by atoms with Crippen molar-refractivity contribution >= 4 is 27.5 Å². The van der Waals surface area contributed by atoms with Crippen molar-refractivity contribution in [3.05, 3.63) is 57.8 Å². The second-order valence-corrected chi connectivity index (χ2v) is 5.59. The minimum atomic E-state index is -0.0556. The lowest BCUT2D eigenvalue weighted by Gasteiger charge is -2.21. The maximum Gasteiger partial charge on any atom is 0.255 e. The van der Waals surface area contributed by atoms with E-state index in [1.54, 1.807) is 23.1 Å². The van der Waals surface area contributed by atoms with Gasteiger partial charge in [0.1, 0.15) is 0 Å². The Morgan fingerprint density at radius 2 is 2.00 bits per heavy atom. The molecule has 0 radical (unpaired) electrons. The molecule has 2 rings (SSSR count). The lowest BCUT2D eigenvalue weighted by Crippen LogP contribution is -2.31. The number of amides is 1. The Bertz CT molecular complexity index is 658. The van der Waals surface area contributed by atoms with Crippen molar-refractivity contribution in [1.82, 2.24) is 9.88 Å². The quantitative estimate of drug-likeness (QED) is 0.862. The van der Waals surface area contributed by atoms with Crippen molar-refractivity contribution in [2.45, 2.75) is 20.4 Å². The largest absolute Gasteiger partial charge is 0.398 e. The Morgan fingerprint density at radius 3 is 2.67 bits per heavy atom. The van der Waals surface area contributed by atoms with Gasteiger partial charge in [-0.1, -0.05) is 12.1 Å². The summed E-state index contributed by atoms with van der Waals surface area (Å²) in [5.41, 5.74) is 8.80. The van der Waals surface area contributed by atoms with Crippen LogP contribution in [0.4, 0.5) is 5.69 Å². The fourth-order valence-electron chi connectivity index (χ4n) is 2.10. The first kappa shape index (κ1) is 15.5. The number of carbonyl (C=O) groups excluding carboxylic acids is 1. The van der Waals surface area contributed by atoms with Gasteiger partial charge < -0.3 is 10.6 Å². The molecule has 0 spiro atoms. The predicted molar refractivity (Wildman–Crippen MR) is 87.9 cm³/mol. The zero-order chi connectivity index (χ0) is 15.4. The molecule has 0 fully saturated rings. The molecular weight excluding hydrogens is 330 g/mol. The van der Waals surface area contributed by atoms with Gasteiger partial charge in [0.05, 0.1) is 22.3 Å². The van der Waals surface area contributed by atoms with Crippen molar-refractivity contribution in [1.29, 1.82) is 0 Å². The fraction of sp³-hybridized carbons (Fsp3) is 0.250. The molecule has 4 nitrogen and oxygen atoms in total. The van der Waals surface area contributed by atoms with Crippen LogP contribution in [0.1, 0.15) is 28.7 Å². The minimum absolute atomic E-state index is 0.0556. The van der Waals surface area contributed by atoms with Crippen LogP contribution in [0.15, 0.2) is 40.9 Å². The molecule has 0 atom stereocenters. The first-order chi connectivity index (χ1) is 10.0. The molecule has 2 N–H and O–H groups in total. The smallest absolute Gasteiger partial charge is 0.255 e. The Kier molecular flexibility index (Phi) is 4.96. The van der Waals surface area contributed by atoms with Crippen LogP contribution in [0, 0.1) is 6.92 Å². The van der Waals surface area contributed by atoms with Crippen LogP contribution in [0.2, 0.25) is 0 Å². The molecular formula is C16H18BrN3O. The molecule has 0 saturated heterocycles. The van der Waals surface area contributed by atoms with E-state index in [1.165, 1.54) is 0 Å². The van der Waals surface area contributed by atoms with Crippen LogP contribution in [0.25, 0.3) is 0 Å². The van der Waals surface area contributed by atoms with Gasteiger partial charge in [0.25, 0.3) is 5.91 Å². The van der Waals surface area contributed by atoms with Crippen molar-refractivity contribution in [2.24, 2.45) is 0 Å². The molecule has 0 aliphatic carbocycles. The fourth-order valence-corrected chi connectivity index (χ4v) is 2.53. The third-order valence-corrected chi connectivity index (χ3v) is 4.11. The number of benzene rings is 1. The summed E-state index contributed by atoms with van der Waals surface area (Å²) < 4.78 is 0.644. The Balaban J connectivity index is 2.25. The number of aromatic nitrogens is 1. The van der Waals surface area contributed by atoms with Gasteiger partial charge in [-0.15, -0.1) is 0 Å². The number of nitrogens with zero attached hydrogens (tertiary/aromatic N) is 2. The van der Waals surface area contributed by atoms with Gasteiger partial charge in [-0.25, -0.2) is 0 Å². The summed E-state index contributed by atoms with van der Waals surface area (Å²) in [4.78, 5) is 18.8. The zero-order valence-corrected chi connectivity index (χ0v) is 13.7. The Hall–Kier alpha value is -1.88. The van der Waals surface area contributed by atoms with E-state index in [-0.39, 0.29) is 5.91 Å². The highest BCUT2D eigenvalue weighted by atomic mass is 79.9. The number of carbonyl (C=O) groups is 1. The van der Waals surface area contributed by atoms with E-state index in [4.69, 9.17) is 5.73 Å². The molecule has 21 heavy (non-hydrogen) atoms. The van der Waals surface area contributed by atoms with Gasteiger partial charge in [0, 0.05) is 17.9 Å². The lowest BCUT2D eigenvalue weighted by molar-refractivity contribution is 0.0749. The van der Waals surface area contributed by atoms with E-state index >= 15 is 0 Å². The van der Waals surface area contributed by atoms with Crippen LogP contribution >= 0.6 is 15.9 Å². The lowest BCUT2D eigenvalue weighted by atomic mass is 10.1. The highest BCUT2D eigenvalue weighted by molar-refractivity contribution is 9.10. The van der Waals surface area contributed by atoms with E-state index in [0.717, 1.165) is 11.4 Å². The number of rotatable bonds is 4. The van der Waals surface area contributed by atoms with Crippen LogP contribution in [0.3, 0.4) is 0 Å². The first-order valence-electron chi connectivity index (χ1n) is 6.78. The molecule has 0 aliphatic heterocycles. The summed E-state index contributed by atoms with van der Waals surface area (Å²) in [5, 5.41) is 0. The molecule has 5 heteroatoms. The summed E-state index contributed by atoms with van der Waals surface area (Å²) >= 11 is 3.39. The number of aryl methyl sites for hydroxylation is 1. The summed E-state index contributed by atoms with van der Waals surface area (Å²) in [6.45, 7) is 4.98. The average Bonchev–Trinajstić information content (AvgIpc) is 2.47. The molecule has 0 bridgehead atoms. The Morgan fingerprint density at radius 1 is 1.29 bits per heavy atom. The highest BCUT2D eigenvalue weighted by Gasteiger charge is 2.18. The van der Waals surface area contributed by atoms with Crippen molar-refractivity contribution in [3.8, 4) is 0 Å². The van der Waals surface area contributed by atoms with E-state index in [0.29, 0.717) is 28.8 Å². The summed E-state index contributed by atoms with van der Waals surface area (Å²) in [7, 11) is 0. The maximum atomic E-state index is 12.7. The van der Waals surface area contributed by atoms with E-state index in [1.807, 2.05) is 32.0 Å². The molecule has 110 valence electrons. The number of hydrogen-bond donors (Lipinski definition) is 1. The molecule has 0 unspecified atom stereocenters. The summed E-state index contributed by atoms with van der Waals surface area (Å²) in [6.07, 6.45) is 0. The monoisotopic (exact) mass is 347 g/mol. The normalized spacial score (nSPS) is 10.4. The van der Waals surface area contributed by atoms with Gasteiger partial charge in [-0.2, -0.15) is 0 Å². The third-order valence-electron chi connectivity index (χ3n) is 3.23. The maximum absolute atomic E-state index is 12.7.